The number of carbonyl (C=O) groups is 2. The summed E-state index contributed by atoms with van der Waals surface area (Å²) < 4.78 is 39.8. The van der Waals surface area contributed by atoms with Crippen LogP contribution in [0.4, 0.5) is 8.78 Å². The standard InChI is InChI=1S/C15H20F2O8S/c1-13(9-2-8-3-10(13)6-14(20,4-8)5-9)23-11(18)7-22-12(19)15(16,17)26-25-24-21/h8-10,20-21H,2-7H2,1H3. The number of hydrogen-bond acceptors (Lipinski definition) is 9. The molecule has 2 atom stereocenters. The van der Waals surface area contributed by atoms with Gasteiger partial charge in [0.25, 0.3) is 0 Å². The lowest BCUT2D eigenvalue weighted by atomic mass is 9.48. The normalized spacial score (nSPS) is 38.3. The molecule has 0 heterocycles. The highest BCUT2D eigenvalue weighted by Gasteiger charge is 2.61. The lowest BCUT2D eigenvalue weighted by Gasteiger charge is -2.61. The third kappa shape index (κ3) is 3.68. The quantitative estimate of drug-likeness (QED) is 0.288. The first-order chi connectivity index (χ1) is 12.1. The minimum Gasteiger partial charge on any atom is -0.456 e. The summed E-state index contributed by atoms with van der Waals surface area (Å²) in [6.07, 6.45) is 3.53. The van der Waals surface area contributed by atoms with Crippen LogP contribution in [0.3, 0.4) is 0 Å². The Kier molecular flexibility index (Phi) is 5.21. The van der Waals surface area contributed by atoms with Crippen molar-refractivity contribution in [2.24, 2.45) is 17.8 Å². The molecule has 0 radical (unpaired) electrons. The largest absolute Gasteiger partial charge is 0.456 e. The van der Waals surface area contributed by atoms with E-state index in [1.54, 1.807) is 6.92 Å². The Balaban J connectivity index is 1.55. The van der Waals surface area contributed by atoms with Gasteiger partial charge >= 0.3 is 17.2 Å². The van der Waals surface area contributed by atoms with Crippen LogP contribution in [-0.2, 0) is 28.4 Å². The molecule has 2 unspecified atom stereocenters. The molecule has 11 heteroatoms. The molecule has 4 fully saturated rings. The van der Waals surface area contributed by atoms with Gasteiger partial charge in [-0.3, -0.25) is 0 Å². The zero-order valence-corrected chi connectivity index (χ0v) is 14.8. The van der Waals surface area contributed by atoms with E-state index in [1.165, 1.54) is 0 Å². The Labute approximate surface area is 152 Å². The van der Waals surface area contributed by atoms with Crippen LogP contribution in [0.25, 0.3) is 0 Å². The molecule has 0 aromatic rings. The van der Waals surface area contributed by atoms with Crippen molar-refractivity contribution in [3.63, 3.8) is 0 Å². The molecule has 0 aliphatic heterocycles. The summed E-state index contributed by atoms with van der Waals surface area (Å²) in [4.78, 5) is 23.3. The molecular weight excluding hydrogens is 378 g/mol. The van der Waals surface area contributed by atoms with Gasteiger partial charge in [-0.25, -0.2) is 14.8 Å². The summed E-state index contributed by atoms with van der Waals surface area (Å²) >= 11 is -0.768. The Morgan fingerprint density at radius 3 is 2.38 bits per heavy atom. The summed E-state index contributed by atoms with van der Waals surface area (Å²) in [5.41, 5.74) is -1.51. The minimum absolute atomic E-state index is 0.00880. The van der Waals surface area contributed by atoms with E-state index in [-0.39, 0.29) is 11.8 Å². The van der Waals surface area contributed by atoms with E-state index >= 15 is 0 Å². The third-order valence-corrected chi connectivity index (χ3v) is 6.34. The topological polar surface area (TPSA) is 112 Å². The number of esters is 2. The lowest BCUT2D eigenvalue weighted by Crippen LogP contribution is -2.63. The number of rotatable bonds is 7. The molecule has 4 aliphatic carbocycles. The second-order valence-electron chi connectivity index (χ2n) is 7.54. The summed E-state index contributed by atoms with van der Waals surface area (Å²) in [6.45, 7) is 0.817. The van der Waals surface area contributed by atoms with Crippen LogP contribution in [0.2, 0.25) is 0 Å². The highest BCUT2D eigenvalue weighted by atomic mass is 32.2. The zero-order chi connectivity index (χ0) is 19.2. The zero-order valence-electron chi connectivity index (χ0n) is 14.0. The maximum absolute atomic E-state index is 13.3. The Hall–Kier alpha value is -1.01. The first kappa shape index (κ1) is 19.7. The molecular formula is C15H20F2O8S. The molecule has 4 aliphatic rings. The average Bonchev–Trinajstić information content (AvgIpc) is 2.54. The van der Waals surface area contributed by atoms with Gasteiger partial charge in [0.05, 0.1) is 5.60 Å². The van der Waals surface area contributed by atoms with Crippen molar-refractivity contribution in [2.75, 3.05) is 6.61 Å². The van der Waals surface area contributed by atoms with Gasteiger partial charge < -0.3 is 14.6 Å². The first-order valence-corrected chi connectivity index (χ1v) is 8.97. The van der Waals surface area contributed by atoms with E-state index < -0.39 is 47.0 Å². The van der Waals surface area contributed by atoms with Gasteiger partial charge in [0, 0.05) is 11.8 Å². The number of carbonyl (C=O) groups excluding carboxylic acids is 2. The second kappa shape index (κ2) is 6.86. The second-order valence-corrected chi connectivity index (χ2v) is 8.36. The molecule has 0 aromatic heterocycles. The van der Waals surface area contributed by atoms with Gasteiger partial charge in [-0.2, -0.15) is 8.78 Å². The molecule has 26 heavy (non-hydrogen) atoms. The van der Waals surface area contributed by atoms with Crippen LogP contribution in [0.1, 0.15) is 39.0 Å². The van der Waals surface area contributed by atoms with Crippen molar-refractivity contribution in [1.29, 1.82) is 0 Å². The number of aliphatic hydroxyl groups is 1. The fourth-order valence-electron chi connectivity index (χ4n) is 4.89. The van der Waals surface area contributed by atoms with Crippen molar-refractivity contribution >= 4 is 24.0 Å². The Bertz CT molecular complexity index is 570. The SMILES string of the molecule is CC1(OC(=O)COC(=O)C(F)(F)SOOO)C2CC3CC1CC(O)(C3)C2. The van der Waals surface area contributed by atoms with E-state index in [1.807, 2.05) is 0 Å². The molecule has 4 saturated carbocycles. The summed E-state index contributed by atoms with van der Waals surface area (Å²) in [5, 5.41) is 17.2. The Morgan fingerprint density at radius 1 is 1.23 bits per heavy atom. The summed E-state index contributed by atoms with van der Waals surface area (Å²) in [6, 6.07) is 0. The van der Waals surface area contributed by atoms with Crippen LogP contribution in [0.15, 0.2) is 0 Å². The number of hydrogen-bond donors (Lipinski definition) is 2. The van der Waals surface area contributed by atoms with E-state index in [2.05, 4.69) is 14.1 Å². The van der Waals surface area contributed by atoms with Crippen LogP contribution in [0.5, 0.6) is 0 Å². The smallest absolute Gasteiger partial charge is 0.415 e. The highest BCUT2D eigenvalue weighted by Crippen LogP contribution is 2.60. The number of ether oxygens (including phenoxy) is 2. The van der Waals surface area contributed by atoms with Gasteiger partial charge in [0.15, 0.2) is 6.61 Å². The molecule has 0 amide bonds. The predicted octanol–water partition coefficient (Wildman–Crippen LogP) is 2.06. The molecule has 2 N–H and O–H groups in total. The summed E-state index contributed by atoms with van der Waals surface area (Å²) in [7, 11) is 0. The van der Waals surface area contributed by atoms with Gasteiger partial charge in [0.2, 0.25) is 0 Å². The average molecular weight is 398 g/mol. The fraction of sp³-hybridized carbons (Fsp3) is 0.867. The van der Waals surface area contributed by atoms with Gasteiger partial charge in [-0.1, -0.05) is 5.04 Å². The molecule has 4 bridgehead atoms. The molecule has 0 spiro atoms. The van der Waals surface area contributed by atoms with Gasteiger partial charge in [0.1, 0.15) is 17.6 Å². The third-order valence-electron chi connectivity index (χ3n) is 5.84. The van der Waals surface area contributed by atoms with E-state index in [4.69, 9.17) is 9.99 Å². The predicted molar refractivity (Wildman–Crippen MR) is 81.3 cm³/mol. The monoisotopic (exact) mass is 398 g/mol. The molecule has 8 nitrogen and oxygen atoms in total. The van der Waals surface area contributed by atoms with Crippen LogP contribution in [0, 0.1) is 17.8 Å². The maximum atomic E-state index is 13.3. The van der Waals surface area contributed by atoms with Crippen molar-refractivity contribution in [3.05, 3.63) is 0 Å². The first-order valence-electron chi connectivity index (χ1n) is 8.23. The van der Waals surface area contributed by atoms with Crippen molar-refractivity contribution in [2.45, 2.75) is 55.5 Å². The number of alkyl halides is 2. The van der Waals surface area contributed by atoms with Crippen molar-refractivity contribution < 1.29 is 47.6 Å². The van der Waals surface area contributed by atoms with Gasteiger partial charge in [-0.05, 0) is 44.9 Å². The Morgan fingerprint density at radius 2 is 1.85 bits per heavy atom. The van der Waals surface area contributed by atoms with Crippen LogP contribution < -0.4 is 0 Å². The molecule has 148 valence electrons. The van der Waals surface area contributed by atoms with E-state index in [0.29, 0.717) is 18.8 Å². The van der Waals surface area contributed by atoms with Crippen molar-refractivity contribution in [1.82, 2.24) is 0 Å². The van der Waals surface area contributed by atoms with Crippen LogP contribution in [-0.4, -0.2) is 45.4 Å². The van der Waals surface area contributed by atoms with E-state index in [9.17, 15) is 23.5 Å². The van der Waals surface area contributed by atoms with Gasteiger partial charge in [-0.15, -0.1) is 4.33 Å². The maximum Gasteiger partial charge on any atom is 0.415 e. The fourth-order valence-corrected chi connectivity index (χ4v) is 5.13. The van der Waals surface area contributed by atoms with E-state index in [0.717, 1.165) is 19.3 Å². The van der Waals surface area contributed by atoms with Crippen molar-refractivity contribution in [3.8, 4) is 0 Å². The minimum atomic E-state index is -4.17. The summed E-state index contributed by atoms with van der Waals surface area (Å²) in [5.74, 6) is -2.57. The van der Waals surface area contributed by atoms with Crippen LogP contribution >= 0.6 is 12.0 Å². The number of halogens is 2. The molecule has 4 rings (SSSR count). The molecule has 0 aromatic carbocycles. The highest BCUT2D eigenvalue weighted by molar-refractivity contribution is 7.96. The molecule has 0 saturated heterocycles. The lowest BCUT2D eigenvalue weighted by molar-refractivity contribution is -0.433.